The van der Waals surface area contributed by atoms with Gasteiger partial charge in [-0.3, -0.25) is 0 Å². The zero-order chi connectivity index (χ0) is 13.7. The molecule has 0 saturated heterocycles. The van der Waals surface area contributed by atoms with Crippen LogP contribution in [0.5, 0.6) is 17.4 Å². The topological polar surface area (TPSA) is 70.3 Å². The van der Waals surface area contributed by atoms with Crippen LogP contribution in [0.3, 0.4) is 0 Å². The van der Waals surface area contributed by atoms with Crippen molar-refractivity contribution < 1.29 is 9.47 Å². The summed E-state index contributed by atoms with van der Waals surface area (Å²) in [4.78, 5) is 8.15. The van der Waals surface area contributed by atoms with Crippen LogP contribution < -0.4 is 15.2 Å². The number of ether oxygens (including phenoxy) is 2. The zero-order valence-corrected chi connectivity index (χ0v) is 11.1. The molecule has 0 saturated carbocycles. The second-order valence-electron chi connectivity index (χ2n) is 4.10. The van der Waals surface area contributed by atoms with Crippen molar-refractivity contribution in [3.63, 3.8) is 0 Å². The highest BCUT2D eigenvalue weighted by Crippen LogP contribution is 2.23. The van der Waals surface area contributed by atoms with E-state index in [0.717, 1.165) is 12.2 Å². The normalized spacial score (nSPS) is 10.2. The number of rotatable bonds is 5. The summed E-state index contributed by atoms with van der Waals surface area (Å²) in [6, 6.07) is 8.98. The molecule has 0 amide bonds. The molecular weight excluding hydrogens is 242 g/mol. The van der Waals surface area contributed by atoms with E-state index in [4.69, 9.17) is 15.2 Å². The Morgan fingerprint density at radius 2 is 1.79 bits per heavy atom. The molecule has 0 aliphatic heterocycles. The Balaban J connectivity index is 2.06. The Bertz CT molecular complexity index is 521. The van der Waals surface area contributed by atoms with Crippen LogP contribution in [0.2, 0.25) is 0 Å². The van der Waals surface area contributed by atoms with Gasteiger partial charge in [0.25, 0.3) is 0 Å². The van der Waals surface area contributed by atoms with E-state index in [1.54, 1.807) is 13.0 Å². The molecule has 100 valence electrons. The van der Waals surface area contributed by atoms with Gasteiger partial charge in [0.1, 0.15) is 23.1 Å². The van der Waals surface area contributed by atoms with Crippen LogP contribution in [0, 0.1) is 6.92 Å². The smallest absolute Gasteiger partial charge is 0.224 e. The van der Waals surface area contributed by atoms with Crippen molar-refractivity contribution in [2.24, 2.45) is 0 Å². The van der Waals surface area contributed by atoms with Crippen LogP contribution in [-0.2, 0) is 0 Å². The number of hydrogen-bond donors (Lipinski definition) is 1. The summed E-state index contributed by atoms with van der Waals surface area (Å²) in [6.07, 6.45) is 0.984. The minimum atomic E-state index is 0.394. The Kier molecular flexibility index (Phi) is 4.18. The van der Waals surface area contributed by atoms with Gasteiger partial charge in [-0.15, -0.1) is 0 Å². The zero-order valence-electron chi connectivity index (χ0n) is 11.1. The summed E-state index contributed by atoms with van der Waals surface area (Å²) in [5.41, 5.74) is 5.64. The quantitative estimate of drug-likeness (QED) is 0.893. The average Bonchev–Trinajstić information content (AvgIpc) is 2.37. The standard InChI is InChI=1S/C14H17N3O2/c1-3-8-18-11-4-6-12(7-5-11)19-14-9-13(15)16-10(2)17-14/h4-7,9H,3,8H2,1-2H3,(H2,15,16,17). The fourth-order valence-corrected chi connectivity index (χ4v) is 1.56. The molecule has 0 fully saturated rings. The van der Waals surface area contributed by atoms with E-state index in [-0.39, 0.29) is 0 Å². The highest BCUT2D eigenvalue weighted by Gasteiger charge is 2.02. The van der Waals surface area contributed by atoms with E-state index < -0.39 is 0 Å². The van der Waals surface area contributed by atoms with E-state index in [0.29, 0.717) is 29.9 Å². The molecule has 1 aromatic carbocycles. The first kappa shape index (κ1) is 13.1. The molecule has 0 unspecified atom stereocenters. The summed E-state index contributed by atoms with van der Waals surface area (Å²) >= 11 is 0. The minimum absolute atomic E-state index is 0.394. The van der Waals surface area contributed by atoms with Gasteiger partial charge in [-0.05, 0) is 37.6 Å². The Morgan fingerprint density at radius 3 is 2.42 bits per heavy atom. The molecule has 0 radical (unpaired) electrons. The first-order chi connectivity index (χ1) is 9.17. The van der Waals surface area contributed by atoms with Crippen molar-refractivity contribution in [1.82, 2.24) is 9.97 Å². The maximum absolute atomic E-state index is 5.64. The Morgan fingerprint density at radius 1 is 1.11 bits per heavy atom. The molecule has 0 aliphatic carbocycles. The lowest BCUT2D eigenvalue weighted by atomic mass is 10.3. The van der Waals surface area contributed by atoms with E-state index >= 15 is 0 Å². The summed E-state index contributed by atoms with van der Waals surface area (Å²) < 4.78 is 11.1. The SMILES string of the molecule is CCCOc1ccc(Oc2cc(N)nc(C)n2)cc1. The van der Waals surface area contributed by atoms with Gasteiger partial charge in [0.2, 0.25) is 5.88 Å². The van der Waals surface area contributed by atoms with Crippen molar-refractivity contribution in [3.8, 4) is 17.4 Å². The fraction of sp³-hybridized carbons (Fsp3) is 0.286. The summed E-state index contributed by atoms with van der Waals surface area (Å²) in [7, 11) is 0. The van der Waals surface area contributed by atoms with Gasteiger partial charge in [0.15, 0.2) is 0 Å². The highest BCUT2D eigenvalue weighted by molar-refractivity contribution is 5.37. The van der Waals surface area contributed by atoms with Crippen LogP contribution in [-0.4, -0.2) is 16.6 Å². The number of nitrogens with two attached hydrogens (primary N) is 1. The Hall–Kier alpha value is -2.30. The third-order valence-corrected chi connectivity index (χ3v) is 2.35. The molecule has 5 nitrogen and oxygen atoms in total. The predicted molar refractivity (Wildman–Crippen MR) is 73.5 cm³/mol. The lowest BCUT2D eigenvalue weighted by Gasteiger charge is -2.08. The maximum atomic E-state index is 5.64. The van der Waals surface area contributed by atoms with Crippen molar-refractivity contribution in [1.29, 1.82) is 0 Å². The van der Waals surface area contributed by atoms with Crippen LogP contribution in [0.25, 0.3) is 0 Å². The van der Waals surface area contributed by atoms with E-state index in [2.05, 4.69) is 16.9 Å². The van der Waals surface area contributed by atoms with Crippen molar-refractivity contribution in [2.75, 3.05) is 12.3 Å². The molecule has 1 heterocycles. The van der Waals surface area contributed by atoms with Gasteiger partial charge < -0.3 is 15.2 Å². The van der Waals surface area contributed by atoms with Gasteiger partial charge in [0.05, 0.1) is 6.61 Å². The number of nitrogens with zero attached hydrogens (tertiary/aromatic N) is 2. The predicted octanol–water partition coefficient (Wildman–Crippen LogP) is 2.95. The number of hydrogen-bond acceptors (Lipinski definition) is 5. The molecule has 0 atom stereocenters. The number of anilines is 1. The second kappa shape index (κ2) is 6.04. The molecule has 19 heavy (non-hydrogen) atoms. The first-order valence-corrected chi connectivity index (χ1v) is 6.19. The lowest BCUT2D eigenvalue weighted by Crippen LogP contribution is -1.98. The Labute approximate surface area is 112 Å². The summed E-state index contributed by atoms with van der Waals surface area (Å²) in [6.45, 7) is 4.55. The van der Waals surface area contributed by atoms with E-state index in [1.165, 1.54) is 0 Å². The third kappa shape index (κ3) is 3.84. The molecule has 0 bridgehead atoms. The van der Waals surface area contributed by atoms with Gasteiger partial charge in [0, 0.05) is 6.07 Å². The number of aromatic nitrogens is 2. The average molecular weight is 259 g/mol. The molecule has 1 aromatic heterocycles. The van der Waals surface area contributed by atoms with Gasteiger partial charge in [-0.25, -0.2) is 4.98 Å². The first-order valence-electron chi connectivity index (χ1n) is 6.19. The van der Waals surface area contributed by atoms with Crippen LogP contribution in [0.4, 0.5) is 5.82 Å². The summed E-state index contributed by atoms with van der Waals surface area (Å²) in [5.74, 6) is 2.92. The fourth-order valence-electron chi connectivity index (χ4n) is 1.56. The summed E-state index contributed by atoms with van der Waals surface area (Å²) in [5, 5.41) is 0. The molecular formula is C14H17N3O2. The highest BCUT2D eigenvalue weighted by atomic mass is 16.5. The van der Waals surface area contributed by atoms with Crippen molar-refractivity contribution >= 4 is 5.82 Å². The minimum Gasteiger partial charge on any atom is -0.494 e. The third-order valence-electron chi connectivity index (χ3n) is 2.35. The van der Waals surface area contributed by atoms with Crippen LogP contribution >= 0.6 is 0 Å². The molecule has 2 aromatic rings. The number of nitrogen functional groups attached to an aromatic ring is 1. The molecule has 0 aliphatic rings. The van der Waals surface area contributed by atoms with Crippen LogP contribution in [0.1, 0.15) is 19.2 Å². The van der Waals surface area contributed by atoms with Crippen molar-refractivity contribution in [3.05, 3.63) is 36.2 Å². The van der Waals surface area contributed by atoms with Crippen LogP contribution in [0.15, 0.2) is 30.3 Å². The second-order valence-corrected chi connectivity index (χ2v) is 4.10. The lowest BCUT2D eigenvalue weighted by molar-refractivity contribution is 0.317. The van der Waals surface area contributed by atoms with Gasteiger partial charge in [-0.2, -0.15) is 4.98 Å². The van der Waals surface area contributed by atoms with E-state index in [1.807, 2.05) is 24.3 Å². The molecule has 5 heteroatoms. The van der Waals surface area contributed by atoms with Gasteiger partial charge >= 0.3 is 0 Å². The van der Waals surface area contributed by atoms with E-state index in [9.17, 15) is 0 Å². The molecule has 2 rings (SSSR count). The largest absolute Gasteiger partial charge is 0.494 e. The number of aryl methyl sites for hydroxylation is 1. The van der Waals surface area contributed by atoms with Crippen molar-refractivity contribution in [2.45, 2.75) is 20.3 Å². The molecule has 0 spiro atoms. The number of benzene rings is 1. The molecule has 2 N–H and O–H groups in total. The maximum Gasteiger partial charge on any atom is 0.224 e. The monoisotopic (exact) mass is 259 g/mol. The van der Waals surface area contributed by atoms with Gasteiger partial charge in [-0.1, -0.05) is 6.92 Å².